The van der Waals surface area contributed by atoms with Crippen molar-refractivity contribution in [3.8, 4) is 17.3 Å². The quantitative estimate of drug-likeness (QED) is 0.800. The van der Waals surface area contributed by atoms with E-state index in [1.54, 1.807) is 17.1 Å². The summed E-state index contributed by atoms with van der Waals surface area (Å²) < 4.78 is 18.0. The molecule has 1 fully saturated rings. The number of hydrogen-bond donors (Lipinski definition) is 1. The Kier molecular flexibility index (Phi) is 3.00. The SMILES string of the molecule is [2H]C([2H])(C#N)[C@H](C1CCCC1)n1cc(-c2ncnc3[nH]ccc23)cn1. The molecule has 3 aromatic heterocycles. The molecule has 3 aromatic rings. The van der Waals surface area contributed by atoms with Crippen LogP contribution in [0.2, 0.25) is 0 Å². The van der Waals surface area contributed by atoms with E-state index in [0.717, 1.165) is 48.0 Å². The molecule has 3 heterocycles. The zero-order valence-electron chi connectivity index (χ0n) is 14.6. The molecule has 0 spiro atoms. The molecular formula is C17H18N6. The number of nitriles is 1. The average Bonchev–Trinajstić information content (AvgIpc) is 3.36. The van der Waals surface area contributed by atoms with Crippen molar-refractivity contribution in [1.29, 1.82) is 5.26 Å². The van der Waals surface area contributed by atoms with Gasteiger partial charge < -0.3 is 4.98 Å². The van der Waals surface area contributed by atoms with Crippen LogP contribution < -0.4 is 0 Å². The number of nitrogens with zero attached hydrogens (tertiary/aromatic N) is 5. The fourth-order valence-corrected chi connectivity index (χ4v) is 3.45. The molecule has 0 bridgehead atoms. The van der Waals surface area contributed by atoms with Gasteiger partial charge >= 0.3 is 0 Å². The second kappa shape index (κ2) is 5.84. The number of nitrogens with one attached hydrogen (secondary N) is 1. The van der Waals surface area contributed by atoms with Gasteiger partial charge in [0.25, 0.3) is 0 Å². The monoisotopic (exact) mass is 308 g/mol. The van der Waals surface area contributed by atoms with E-state index in [0.29, 0.717) is 0 Å². The Bertz CT molecular complexity index is 932. The first-order valence-corrected chi connectivity index (χ1v) is 7.84. The van der Waals surface area contributed by atoms with Crippen LogP contribution in [0.25, 0.3) is 22.3 Å². The van der Waals surface area contributed by atoms with Crippen molar-refractivity contribution in [3.05, 3.63) is 31.0 Å². The van der Waals surface area contributed by atoms with Gasteiger partial charge in [0, 0.05) is 26.1 Å². The van der Waals surface area contributed by atoms with Crippen LogP contribution in [0.1, 0.15) is 40.8 Å². The Morgan fingerprint density at radius 1 is 1.43 bits per heavy atom. The highest BCUT2D eigenvalue weighted by molar-refractivity contribution is 5.89. The third-order valence-electron chi connectivity index (χ3n) is 4.57. The highest BCUT2D eigenvalue weighted by Crippen LogP contribution is 2.36. The van der Waals surface area contributed by atoms with E-state index in [9.17, 15) is 5.26 Å². The largest absolute Gasteiger partial charge is 0.346 e. The lowest BCUT2D eigenvalue weighted by Gasteiger charge is -2.21. The minimum Gasteiger partial charge on any atom is -0.346 e. The van der Waals surface area contributed by atoms with Gasteiger partial charge in [0.15, 0.2) is 0 Å². The minimum absolute atomic E-state index is 0.125. The van der Waals surface area contributed by atoms with Crippen LogP contribution in [0, 0.1) is 17.2 Å². The van der Waals surface area contributed by atoms with Crippen molar-refractivity contribution in [2.75, 3.05) is 0 Å². The van der Waals surface area contributed by atoms with Gasteiger partial charge in [-0.3, -0.25) is 4.68 Å². The summed E-state index contributed by atoms with van der Waals surface area (Å²) in [7, 11) is 0. The Balaban J connectivity index is 1.76. The maximum atomic E-state index is 9.33. The summed E-state index contributed by atoms with van der Waals surface area (Å²) in [4.78, 5) is 11.6. The minimum atomic E-state index is -1.96. The average molecular weight is 308 g/mol. The first-order valence-electron chi connectivity index (χ1n) is 8.84. The molecule has 0 aliphatic heterocycles. The predicted molar refractivity (Wildman–Crippen MR) is 86.3 cm³/mol. The fourth-order valence-electron chi connectivity index (χ4n) is 3.45. The van der Waals surface area contributed by atoms with Crippen LogP contribution >= 0.6 is 0 Å². The first kappa shape index (κ1) is 11.8. The molecule has 0 unspecified atom stereocenters. The number of aromatic nitrogens is 5. The molecule has 1 atom stereocenters. The van der Waals surface area contributed by atoms with Gasteiger partial charge in [-0.1, -0.05) is 12.8 Å². The van der Waals surface area contributed by atoms with Gasteiger partial charge in [-0.25, -0.2) is 9.97 Å². The van der Waals surface area contributed by atoms with E-state index in [1.807, 2.05) is 18.3 Å². The molecule has 0 saturated heterocycles. The molecule has 0 radical (unpaired) electrons. The summed E-state index contributed by atoms with van der Waals surface area (Å²) in [5, 5.41) is 14.6. The molecule has 0 aromatic carbocycles. The van der Waals surface area contributed by atoms with Gasteiger partial charge in [-0.15, -0.1) is 0 Å². The second-order valence-electron chi connectivity index (χ2n) is 5.92. The van der Waals surface area contributed by atoms with Gasteiger partial charge in [0.05, 0.1) is 30.4 Å². The molecule has 6 heteroatoms. The van der Waals surface area contributed by atoms with E-state index in [-0.39, 0.29) is 5.92 Å². The molecule has 4 rings (SSSR count). The van der Waals surface area contributed by atoms with Crippen LogP contribution in [0.5, 0.6) is 0 Å². The predicted octanol–water partition coefficient (Wildman–Crippen LogP) is 3.47. The molecule has 1 aliphatic rings. The van der Waals surface area contributed by atoms with Crippen molar-refractivity contribution in [1.82, 2.24) is 24.7 Å². The highest BCUT2D eigenvalue weighted by atomic mass is 15.3. The van der Waals surface area contributed by atoms with Gasteiger partial charge in [0.1, 0.15) is 12.0 Å². The van der Waals surface area contributed by atoms with Gasteiger partial charge in [0.2, 0.25) is 0 Å². The van der Waals surface area contributed by atoms with Gasteiger partial charge in [-0.2, -0.15) is 10.4 Å². The van der Waals surface area contributed by atoms with Crippen molar-refractivity contribution in [2.24, 2.45) is 5.92 Å². The van der Waals surface area contributed by atoms with Crippen LogP contribution in [0.3, 0.4) is 0 Å². The van der Waals surface area contributed by atoms with Crippen molar-refractivity contribution in [3.63, 3.8) is 0 Å². The van der Waals surface area contributed by atoms with Gasteiger partial charge in [-0.05, 0) is 24.8 Å². The van der Waals surface area contributed by atoms with Crippen LogP contribution in [0.15, 0.2) is 31.0 Å². The zero-order valence-corrected chi connectivity index (χ0v) is 12.6. The van der Waals surface area contributed by atoms with E-state index >= 15 is 0 Å². The number of aromatic amines is 1. The molecule has 116 valence electrons. The lowest BCUT2D eigenvalue weighted by atomic mass is 9.96. The normalized spacial score (nSPS) is 18.6. The lowest BCUT2D eigenvalue weighted by Crippen LogP contribution is -2.17. The molecule has 23 heavy (non-hydrogen) atoms. The number of rotatable bonds is 4. The lowest BCUT2D eigenvalue weighted by molar-refractivity contribution is 0.315. The number of hydrogen-bond acceptors (Lipinski definition) is 4. The summed E-state index contributed by atoms with van der Waals surface area (Å²) in [6.45, 7) is 0. The summed E-state index contributed by atoms with van der Waals surface area (Å²) in [5.74, 6) is 0.125. The van der Waals surface area contributed by atoms with Crippen molar-refractivity contribution < 1.29 is 2.74 Å². The molecular weight excluding hydrogens is 288 g/mol. The zero-order chi connectivity index (χ0) is 17.4. The maximum absolute atomic E-state index is 9.33. The Morgan fingerprint density at radius 3 is 3.13 bits per heavy atom. The van der Waals surface area contributed by atoms with E-state index < -0.39 is 12.4 Å². The highest BCUT2D eigenvalue weighted by Gasteiger charge is 2.27. The molecule has 1 saturated carbocycles. The summed E-state index contributed by atoms with van der Waals surface area (Å²) in [5.41, 5.74) is 2.29. The molecule has 1 N–H and O–H groups in total. The summed E-state index contributed by atoms with van der Waals surface area (Å²) in [6, 6.07) is 3.16. The van der Waals surface area contributed by atoms with Crippen molar-refractivity contribution in [2.45, 2.75) is 38.1 Å². The molecule has 0 amide bonds. The smallest absolute Gasteiger partial charge is 0.141 e. The number of H-pyrrole nitrogens is 1. The third-order valence-corrected chi connectivity index (χ3v) is 4.57. The third kappa shape index (κ3) is 2.48. The Hall–Kier alpha value is -2.68. The number of fused-ring (bicyclic) bond motifs is 1. The second-order valence-corrected chi connectivity index (χ2v) is 5.92. The van der Waals surface area contributed by atoms with Crippen molar-refractivity contribution >= 4 is 11.0 Å². The molecule has 1 aliphatic carbocycles. The molecule has 6 nitrogen and oxygen atoms in total. The van der Waals surface area contributed by atoms with E-state index in [2.05, 4.69) is 20.1 Å². The summed E-state index contributed by atoms with van der Waals surface area (Å²) >= 11 is 0. The van der Waals surface area contributed by atoms with E-state index in [1.165, 1.54) is 6.33 Å². The topological polar surface area (TPSA) is 83.2 Å². The Labute approximate surface area is 137 Å². The summed E-state index contributed by atoms with van der Waals surface area (Å²) in [6.07, 6.45) is 8.83. The van der Waals surface area contributed by atoms with Crippen LogP contribution in [0.4, 0.5) is 0 Å². The Morgan fingerprint density at radius 2 is 2.30 bits per heavy atom. The fraction of sp³-hybridized carbons (Fsp3) is 0.412. The van der Waals surface area contributed by atoms with Crippen LogP contribution in [-0.2, 0) is 0 Å². The van der Waals surface area contributed by atoms with E-state index in [4.69, 9.17) is 2.74 Å². The standard InChI is InChI=1S/C17H18N6/c18-7-5-15(12-3-1-2-4-12)23-10-13(9-22-23)16-14-6-8-19-17(14)21-11-20-16/h6,8-12,15H,1-5H2,(H,19,20,21)/t15-/m1/s1/i5D2. The van der Waals surface area contributed by atoms with Crippen LogP contribution in [-0.4, -0.2) is 24.7 Å². The maximum Gasteiger partial charge on any atom is 0.141 e. The first-order chi connectivity index (χ1) is 12.1.